The van der Waals surface area contributed by atoms with Gasteiger partial charge in [-0.15, -0.1) is 0 Å². The number of rotatable bonds is 6. The van der Waals surface area contributed by atoms with E-state index < -0.39 is 0 Å². The van der Waals surface area contributed by atoms with Crippen molar-refractivity contribution >= 4 is 6.08 Å². The zero-order valence-corrected chi connectivity index (χ0v) is 13.9. The lowest BCUT2D eigenvalue weighted by Gasteiger charge is -2.26. The summed E-state index contributed by atoms with van der Waals surface area (Å²) in [5.41, 5.74) is 3.62. The molecule has 0 saturated heterocycles. The predicted octanol–water partition coefficient (Wildman–Crippen LogP) is 5.93. The van der Waals surface area contributed by atoms with E-state index in [0.717, 1.165) is 11.3 Å². The molecule has 3 rings (SSSR count). The molecule has 0 N–H and O–H groups in total. The molecule has 1 unspecified atom stereocenters. The molecule has 3 aromatic rings. The van der Waals surface area contributed by atoms with Crippen LogP contribution in [0.2, 0.25) is 0 Å². The van der Waals surface area contributed by atoms with E-state index in [0.29, 0.717) is 0 Å². The molecule has 0 amide bonds. The largest absolute Gasteiger partial charge is 0.490 e. The molecule has 1 atom stereocenters. The summed E-state index contributed by atoms with van der Waals surface area (Å²) in [4.78, 5) is 0. The molecule has 0 fully saturated rings. The highest BCUT2D eigenvalue weighted by Gasteiger charge is 2.22. The Bertz CT molecular complexity index is 721. The molecule has 0 aromatic heterocycles. The fourth-order valence-corrected chi connectivity index (χ4v) is 3.02. The first kappa shape index (κ1) is 16.1. The van der Waals surface area contributed by atoms with Crippen molar-refractivity contribution in [3.05, 3.63) is 108 Å². The monoisotopic (exact) mass is 314 g/mol. The standard InChI is InChI=1S/C23H22O/c1-3-19-14-16-22(17-15-19)24-18(2)23(20-10-6-4-7-11-20)21-12-8-5-9-13-21/h3-18,23H,1H2,2H3. The van der Waals surface area contributed by atoms with Crippen LogP contribution in [0.1, 0.15) is 29.5 Å². The second-order valence-corrected chi connectivity index (χ2v) is 5.90. The molecule has 0 aliphatic carbocycles. The lowest BCUT2D eigenvalue weighted by Crippen LogP contribution is -2.23. The van der Waals surface area contributed by atoms with Crippen LogP contribution in [-0.2, 0) is 0 Å². The van der Waals surface area contributed by atoms with Gasteiger partial charge in [0, 0.05) is 5.92 Å². The molecular formula is C23H22O. The third-order valence-electron chi connectivity index (χ3n) is 4.22. The predicted molar refractivity (Wildman–Crippen MR) is 101 cm³/mol. The van der Waals surface area contributed by atoms with E-state index in [-0.39, 0.29) is 12.0 Å². The molecule has 0 aliphatic rings. The fourth-order valence-electron chi connectivity index (χ4n) is 3.02. The number of hydrogen-bond donors (Lipinski definition) is 0. The minimum Gasteiger partial charge on any atom is -0.490 e. The van der Waals surface area contributed by atoms with Gasteiger partial charge < -0.3 is 4.74 Å². The molecule has 24 heavy (non-hydrogen) atoms. The van der Waals surface area contributed by atoms with Crippen molar-refractivity contribution in [1.29, 1.82) is 0 Å². The van der Waals surface area contributed by atoms with Crippen molar-refractivity contribution in [1.82, 2.24) is 0 Å². The Balaban J connectivity index is 1.88. The van der Waals surface area contributed by atoms with E-state index in [2.05, 4.69) is 62.0 Å². The third kappa shape index (κ3) is 3.75. The third-order valence-corrected chi connectivity index (χ3v) is 4.22. The van der Waals surface area contributed by atoms with Crippen LogP contribution in [0, 0.1) is 0 Å². The molecule has 0 heterocycles. The Morgan fingerprint density at radius 3 is 1.71 bits per heavy atom. The van der Waals surface area contributed by atoms with Crippen LogP contribution in [0.3, 0.4) is 0 Å². The van der Waals surface area contributed by atoms with Crippen molar-refractivity contribution in [3.8, 4) is 5.75 Å². The zero-order valence-electron chi connectivity index (χ0n) is 13.9. The summed E-state index contributed by atoms with van der Waals surface area (Å²) in [5, 5.41) is 0. The van der Waals surface area contributed by atoms with Crippen LogP contribution in [0.5, 0.6) is 5.75 Å². The van der Waals surface area contributed by atoms with Gasteiger partial charge in [-0.3, -0.25) is 0 Å². The minimum absolute atomic E-state index is 0.0179. The van der Waals surface area contributed by atoms with E-state index in [1.807, 2.05) is 42.5 Å². The van der Waals surface area contributed by atoms with E-state index in [1.54, 1.807) is 0 Å². The van der Waals surface area contributed by atoms with Gasteiger partial charge in [0.2, 0.25) is 0 Å². The highest BCUT2D eigenvalue weighted by atomic mass is 16.5. The molecule has 0 radical (unpaired) electrons. The lowest BCUT2D eigenvalue weighted by molar-refractivity contribution is 0.203. The first-order chi connectivity index (χ1) is 11.8. The summed E-state index contributed by atoms with van der Waals surface area (Å²) in [5.74, 6) is 1.07. The Labute approximate surface area is 144 Å². The molecule has 0 saturated carbocycles. The fraction of sp³-hybridized carbons (Fsp3) is 0.130. The maximum atomic E-state index is 6.25. The average molecular weight is 314 g/mol. The maximum absolute atomic E-state index is 6.25. The number of benzene rings is 3. The molecular weight excluding hydrogens is 292 g/mol. The average Bonchev–Trinajstić information content (AvgIpc) is 2.64. The molecule has 3 aromatic carbocycles. The molecule has 0 spiro atoms. The molecule has 1 heteroatoms. The summed E-state index contributed by atoms with van der Waals surface area (Å²) >= 11 is 0. The van der Waals surface area contributed by atoms with E-state index in [4.69, 9.17) is 4.74 Å². The van der Waals surface area contributed by atoms with Gasteiger partial charge in [0.15, 0.2) is 0 Å². The van der Waals surface area contributed by atoms with Gasteiger partial charge in [0.25, 0.3) is 0 Å². The normalized spacial score (nSPS) is 11.9. The summed E-state index contributed by atoms with van der Waals surface area (Å²) < 4.78 is 6.25. The van der Waals surface area contributed by atoms with Gasteiger partial charge in [-0.05, 0) is 35.7 Å². The van der Waals surface area contributed by atoms with Crippen LogP contribution >= 0.6 is 0 Å². The van der Waals surface area contributed by atoms with Gasteiger partial charge >= 0.3 is 0 Å². The van der Waals surface area contributed by atoms with Crippen molar-refractivity contribution in [3.63, 3.8) is 0 Å². The number of hydrogen-bond acceptors (Lipinski definition) is 1. The van der Waals surface area contributed by atoms with Gasteiger partial charge in [0.1, 0.15) is 11.9 Å². The lowest BCUT2D eigenvalue weighted by atomic mass is 9.87. The van der Waals surface area contributed by atoms with Crippen molar-refractivity contribution in [2.45, 2.75) is 18.9 Å². The molecule has 1 nitrogen and oxygen atoms in total. The van der Waals surface area contributed by atoms with Crippen molar-refractivity contribution < 1.29 is 4.74 Å². The number of ether oxygens (including phenoxy) is 1. The van der Waals surface area contributed by atoms with Crippen LogP contribution < -0.4 is 4.74 Å². The maximum Gasteiger partial charge on any atom is 0.119 e. The quantitative estimate of drug-likeness (QED) is 0.548. The Morgan fingerprint density at radius 1 is 0.750 bits per heavy atom. The molecule has 0 aliphatic heterocycles. The zero-order chi connectivity index (χ0) is 16.8. The summed E-state index contributed by atoms with van der Waals surface area (Å²) in [7, 11) is 0. The smallest absolute Gasteiger partial charge is 0.119 e. The van der Waals surface area contributed by atoms with Crippen molar-refractivity contribution in [2.24, 2.45) is 0 Å². The Morgan fingerprint density at radius 2 is 1.25 bits per heavy atom. The summed E-state index contributed by atoms with van der Waals surface area (Å²) in [6, 6.07) is 29.1. The van der Waals surface area contributed by atoms with E-state index >= 15 is 0 Å². The Kier molecular flexibility index (Phi) is 5.12. The SMILES string of the molecule is C=Cc1ccc(OC(C)C(c2ccccc2)c2ccccc2)cc1. The minimum atomic E-state index is 0.0179. The van der Waals surface area contributed by atoms with Gasteiger partial charge in [-0.25, -0.2) is 0 Å². The Hall–Kier alpha value is -2.80. The first-order valence-corrected chi connectivity index (χ1v) is 8.27. The molecule has 120 valence electrons. The van der Waals surface area contributed by atoms with E-state index in [1.165, 1.54) is 11.1 Å². The van der Waals surface area contributed by atoms with Crippen LogP contribution in [-0.4, -0.2) is 6.10 Å². The summed E-state index contributed by atoms with van der Waals surface area (Å²) in [6.45, 7) is 5.92. The second-order valence-electron chi connectivity index (χ2n) is 5.90. The second kappa shape index (κ2) is 7.65. The topological polar surface area (TPSA) is 9.23 Å². The van der Waals surface area contributed by atoms with Crippen LogP contribution in [0.15, 0.2) is 91.5 Å². The highest BCUT2D eigenvalue weighted by Crippen LogP contribution is 2.30. The van der Waals surface area contributed by atoms with Crippen molar-refractivity contribution in [2.75, 3.05) is 0 Å². The highest BCUT2D eigenvalue weighted by molar-refractivity contribution is 5.48. The van der Waals surface area contributed by atoms with E-state index in [9.17, 15) is 0 Å². The van der Waals surface area contributed by atoms with Gasteiger partial charge in [0.05, 0.1) is 0 Å². The first-order valence-electron chi connectivity index (χ1n) is 8.27. The van der Waals surface area contributed by atoms with Crippen LogP contribution in [0.25, 0.3) is 6.08 Å². The van der Waals surface area contributed by atoms with Gasteiger partial charge in [-0.2, -0.15) is 0 Å². The van der Waals surface area contributed by atoms with Gasteiger partial charge in [-0.1, -0.05) is 85.5 Å². The summed E-state index contributed by atoms with van der Waals surface area (Å²) in [6.07, 6.45) is 1.86. The van der Waals surface area contributed by atoms with Crippen LogP contribution in [0.4, 0.5) is 0 Å². The molecule has 0 bridgehead atoms.